The summed E-state index contributed by atoms with van der Waals surface area (Å²) in [7, 11) is 0. The minimum Gasteiger partial charge on any atom is -0.491 e. The number of ketones is 1. The number of rotatable bonds is 1. The highest BCUT2D eigenvalue weighted by Crippen LogP contribution is 2.34. The van der Waals surface area contributed by atoms with Gasteiger partial charge in [-0.05, 0) is 21.5 Å². The lowest BCUT2D eigenvalue weighted by Gasteiger charge is -2.26. The summed E-state index contributed by atoms with van der Waals surface area (Å²) in [6.45, 7) is 1.88. The van der Waals surface area contributed by atoms with Gasteiger partial charge in [-0.25, -0.2) is 0 Å². The normalized spacial score (nSPS) is 25.7. The Bertz CT molecular complexity index is 397. The molecule has 0 N–H and O–H groups in total. The molecule has 0 aliphatic carbocycles. The van der Waals surface area contributed by atoms with E-state index in [0.717, 1.165) is 5.56 Å². The van der Waals surface area contributed by atoms with E-state index in [1.807, 2.05) is 37.3 Å². The fourth-order valence-electron chi connectivity index (χ4n) is 1.67. The molecule has 0 aromatic heterocycles. The van der Waals surface area contributed by atoms with E-state index in [0.29, 0.717) is 4.48 Å². The smallest absolute Gasteiger partial charge is 0.179 e. The molecule has 0 radical (unpaired) electrons. The molecule has 2 rings (SSSR count). The van der Waals surface area contributed by atoms with E-state index < -0.39 is 0 Å². The van der Waals surface area contributed by atoms with Gasteiger partial charge in [0.2, 0.25) is 0 Å². The maximum absolute atomic E-state index is 11.7. The van der Waals surface area contributed by atoms with Crippen molar-refractivity contribution in [2.75, 3.05) is 0 Å². The molecule has 0 spiro atoms. The van der Waals surface area contributed by atoms with E-state index in [4.69, 9.17) is 4.74 Å². The van der Waals surface area contributed by atoms with Crippen LogP contribution in [0.2, 0.25) is 0 Å². The number of carbonyl (C=O) groups excluding carboxylic acids is 1. The van der Waals surface area contributed by atoms with Crippen LogP contribution in [0.5, 0.6) is 0 Å². The van der Waals surface area contributed by atoms with E-state index in [2.05, 4.69) is 15.9 Å². The Hall–Kier alpha value is -1.09. The number of ether oxygens (including phenoxy) is 1. The third-order valence-corrected chi connectivity index (χ3v) is 3.13. The molecule has 78 valence electrons. The second-order valence-electron chi connectivity index (χ2n) is 3.59. The van der Waals surface area contributed by atoms with Crippen LogP contribution in [0, 0.1) is 5.92 Å². The molecule has 0 fully saturated rings. The van der Waals surface area contributed by atoms with Crippen LogP contribution < -0.4 is 0 Å². The highest BCUT2D eigenvalue weighted by molar-refractivity contribution is 9.12. The highest BCUT2D eigenvalue weighted by Gasteiger charge is 2.31. The van der Waals surface area contributed by atoms with E-state index in [1.54, 1.807) is 0 Å². The summed E-state index contributed by atoms with van der Waals surface area (Å²) < 4.78 is 6.05. The van der Waals surface area contributed by atoms with Gasteiger partial charge >= 0.3 is 0 Å². The van der Waals surface area contributed by atoms with Crippen molar-refractivity contribution in [1.29, 1.82) is 0 Å². The molecular weight excluding hydrogens is 256 g/mol. The standard InChI is InChI=1S/C12H11BrO2/c1-8-11(14)10(13)7-15-12(8)9-5-3-2-4-6-9/h2-8,12H,1H3/t8-,12+/m1/s1. The summed E-state index contributed by atoms with van der Waals surface area (Å²) in [4.78, 5) is 11.7. The number of halogens is 1. The van der Waals surface area contributed by atoms with Crippen molar-refractivity contribution >= 4 is 21.7 Å². The van der Waals surface area contributed by atoms with Crippen LogP contribution in [0.25, 0.3) is 0 Å². The van der Waals surface area contributed by atoms with Crippen molar-refractivity contribution in [3.63, 3.8) is 0 Å². The molecule has 1 aromatic carbocycles. The summed E-state index contributed by atoms with van der Waals surface area (Å²) in [5, 5.41) is 0. The molecule has 0 bridgehead atoms. The lowest BCUT2D eigenvalue weighted by atomic mass is 9.92. The van der Waals surface area contributed by atoms with Gasteiger partial charge in [0.15, 0.2) is 5.78 Å². The third kappa shape index (κ3) is 1.97. The molecular formula is C12H11BrO2. The number of carbonyl (C=O) groups is 1. The SMILES string of the molecule is C[C@@H]1C(=O)C(Br)=CO[C@@H]1c1ccccc1. The van der Waals surface area contributed by atoms with Crippen molar-refractivity contribution in [1.82, 2.24) is 0 Å². The highest BCUT2D eigenvalue weighted by atomic mass is 79.9. The number of hydrogen-bond acceptors (Lipinski definition) is 2. The summed E-state index contributed by atoms with van der Waals surface area (Å²) in [6, 6.07) is 9.79. The van der Waals surface area contributed by atoms with Gasteiger partial charge in [-0.15, -0.1) is 0 Å². The second kappa shape index (κ2) is 4.19. The van der Waals surface area contributed by atoms with E-state index in [9.17, 15) is 4.79 Å². The lowest BCUT2D eigenvalue weighted by molar-refractivity contribution is -0.123. The first-order valence-electron chi connectivity index (χ1n) is 4.80. The molecule has 1 aliphatic heterocycles. The third-order valence-electron chi connectivity index (χ3n) is 2.55. The molecule has 1 aliphatic rings. The van der Waals surface area contributed by atoms with Crippen LogP contribution in [-0.2, 0) is 9.53 Å². The molecule has 2 atom stereocenters. The zero-order valence-electron chi connectivity index (χ0n) is 8.31. The quantitative estimate of drug-likeness (QED) is 0.781. The Kier molecular flexibility index (Phi) is 2.91. The Balaban J connectivity index is 2.30. The summed E-state index contributed by atoms with van der Waals surface area (Å²) in [6.07, 6.45) is 1.32. The lowest BCUT2D eigenvalue weighted by Crippen LogP contribution is -2.24. The van der Waals surface area contributed by atoms with Crippen LogP contribution in [0.3, 0.4) is 0 Å². The molecule has 0 saturated heterocycles. The van der Waals surface area contributed by atoms with Gasteiger partial charge in [0.1, 0.15) is 12.4 Å². The molecule has 3 heteroatoms. The molecule has 15 heavy (non-hydrogen) atoms. The first kappa shape index (κ1) is 10.4. The van der Waals surface area contributed by atoms with Crippen LogP contribution in [-0.4, -0.2) is 5.78 Å². The van der Waals surface area contributed by atoms with Crippen molar-refractivity contribution in [3.8, 4) is 0 Å². The van der Waals surface area contributed by atoms with Crippen LogP contribution in [0.4, 0.5) is 0 Å². The fourth-order valence-corrected chi connectivity index (χ4v) is 2.14. The monoisotopic (exact) mass is 266 g/mol. The largest absolute Gasteiger partial charge is 0.491 e. The van der Waals surface area contributed by atoms with Gasteiger partial charge in [-0.1, -0.05) is 37.3 Å². The van der Waals surface area contributed by atoms with Crippen molar-refractivity contribution in [3.05, 3.63) is 46.6 Å². The average molecular weight is 267 g/mol. The van der Waals surface area contributed by atoms with E-state index in [1.165, 1.54) is 6.26 Å². The predicted molar refractivity (Wildman–Crippen MR) is 61.4 cm³/mol. The van der Waals surface area contributed by atoms with Gasteiger partial charge < -0.3 is 4.74 Å². The molecule has 0 saturated carbocycles. The minimum absolute atomic E-state index is 0.0927. The predicted octanol–water partition coefficient (Wildman–Crippen LogP) is 3.20. The molecule has 0 amide bonds. The van der Waals surface area contributed by atoms with E-state index >= 15 is 0 Å². The number of Topliss-reactive ketones (excluding diaryl/α,β-unsaturated/α-hetero) is 1. The van der Waals surface area contributed by atoms with Gasteiger partial charge in [0, 0.05) is 0 Å². The summed E-state index contributed by atoms with van der Waals surface area (Å²) in [5.41, 5.74) is 1.04. The molecule has 0 unspecified atom stereocenters. The van der Waals surface area contributed by atoms with Gasteiger partial charge in [0.25, 0.3) is 0 Å². The van der Waals surface area contributed by atoms with Gasteiger partial charge in [-0.3, -0.25) is 4.79 Å². The number of allylic oxidation sites excluding steroid dienone is 1. The molecule has 1 heterocycles. The topological polar surface area (TPSA) is 26.3 Å². The van der Waals surface area contributed by atoms with Crippen molar-refractivity contribution in [2.24, 2.45) is 5.92 Å². The van der Waals surface area contributed by atoms with Crippen molar-refractivity contribution in [2.45, 2.75) is 13.0 Å². The molecule has 1 aromatic rings. The first-order valence-corrected chi connectivity index (χ1v) is 5.59. The van der Waals surface area contributed by atoms with Crippen LogP contribution >= 0.6 is 15.9 Å². The Morgan fingerprint density at radius 1 is 1.27 bits per heavy atom. The zero-order chi connectivity index (χ0) is 10.8. The van der Waals surface area contributed by atoms with Gasteiger partial charge in [-0.2, -0.15) is 0 Å². The Morgan fingerprint density at radius 3 is 2.60 bits per heavy atom. The van der Waals surface area contributed by atoms with Crippen LogP contribution in [0.1, 0.15) is 18.6 Å². The second-order valence-corrected chi connectivity index (χ2v) is 4.44. The number of hydrogen-bond donors (Lipinski definition) is 0. The van der Waals surface area contributed by atoms with Crippen molar-refractivity contribution < 1.29 is 9.53 Å². The summed E-state index contributed by atoms with van der Waals surface area (Å²) in [5.74, 6) is -0.0538. The Morgan fingerprint density at radius 2 is 1.93 bits per heavy atom. The maximum Gasteiger partial charge on any atom is 0.179 e. The zero-order valence-corrected chi connectivity index (χ0v) is 9.90. The fraction of sp³-hybridized carbons (Fsp3) is 0.250. The number of benzene rings is 1. The van der Waals surface area contributed by atoms with E-state index in [-0.39, 0.29) is 17.8 Å². The average Bonchev–Trinajstić information content (AvgIpc) is 2.27. The Labute approximate surface area is 97.1 Å². The maximum atomic E-state index is 11.7. The molecule has 2 nitrogen and oxygen atoms in total. The van der Waals surface area contributed by atoms with Gasteiger partial charge in [0.05, 0.1) is 10.4 Å². The first-order chi connectivity index (χ1) is 7.20. The summed E-state index contributed by atoms with van der Waals surface area (Å²) >= 11 is 3.18. The van der Waals surface area contributed by atoms with Crippen LogP contribution in [0.15, 0.2) is 41.1 Å². The minimum atomic E-state index is -0.167.